The van der Waals surface area contributed by atoms with Gasteiger partial charge in [-0.3, -0.25) is 0 Å². The molecule has 1 heterocycles. The Morgan fingerprint density at radius 2 is 2.27 bits per heavy atom. The zero-order chi connectivity index (χ0) is 8.32. The van der Waals surface area contributed by atoms with Gasteiger partial charge >= 0.3 is 0 Å². The maximum atomic E-state index is 8.52. The van der Waals surface area contributed by atoms with Crippen molar-refractivity contribution in [2.75, 3.05) is 0 Å². The minimum atomic E-state index is -0.126. The molecule has 0 unspecified atom stereocenters. The molecular weight excluding hydrogens is 138 g/mol. The standard InChI is InChI=1S/C9H15NO/c1-3-4-5-6-9(2)8(7-10)11-9/h8H,3-6H2,1-2H3/t8-,9+/m1/s1. The predicted octanol–water partition coefficient (Wildman–Crippen LogP) is 2.25. The minimum Gasteiger partial charge on any atom is -0.350 e. The molecule has 0 aromatic carbocycles. The average Bonchev–Trinajstić information content (AvgIpc) is 2.63. The summed E-state index contributed by atoms with van der Waals surface area (Å²) < 4.78 is 5.24. The molecule has 0 amide bonds. The second-order valence-electron chi connectivity index (χ2n) is 3.40. The fourth-order valence-corrected chi connectivity index (χ4v) is 1.31. The lowest BCUT2D eigenvalue weighted by atomic mass is 10.0. The van der Waals surface area contributed by atoms with Crippen LogP contribution in [-0.4, -0.2) is 11.7 Å². The fraction of sp³-hybridized carbons (Fsp3) is 0.889. The molecule has 0 aromatic rings. The molecule has 0 aliphatic carbocycles. The highest BCUT2D eigenvalue weighted by molar-refractivity contribution is 5.11. The lowest BCUT2D eigenvalue weighted by Crippen LogP contribution is -2.07. The first-order valence-corrected chi connectivity index (χ1v) is 4.30. The summed E-state index contributed by atoms with van der Waals surface area (Å²) in [6.07, 6.45) is 4.58. The van der Waals surface area contributed by atoms with Crippen LogP contribution in [0.15, 0.2) is 0 Å². The van der Waals surface area contributed by atoms with Crippen LogP contribution in [0.3, 0.4) is 0 Å². The Morgan fingerprint density at radius 3 is 2.73 bits per heavy atom. The van der Waals surface area contributed by atoms with Crippen LogP contribution in [0.4, 0.5) is 0 Å². The Balaban J connectivity index is 2.14. The number of hydrogen-bond donors (Lipinski definition) is 0. The molecule has 1 saturated heterocycles. The van der Waals surface area contributed by atoms with Crippen molar-refractivity contribution in [2.24, 2.45) is 0 Å². The molecule has 0 radical (unpaired) electrons. The number of ether oxygens (including phenoxy) is 1. The second kappa shape index (κ2) is 3.23. The Labute approximate surface area is 68.2 Å². The Bertz CT molecular complexity index is 173. The first-order chi connectivity index (χ1) is 5.23. The van der Waals surface area contributed by atoms with Gasteiger partial charge in [0.1, 0.15) is 5.60 Å². The first kappa shape index (κ1) is 8.55. The van der Waals surface area contributed by atoms with Crippen molar-refractivity contribution in [2.45, 2.75) is 51.2 Å². The summed E-state index contributed by atoms with van der Waals surface area (Å²) in [4.78, 5) is 0. The van der Waals surface area contributed by atoms with E-state index in [0.29, 0.717) is 0 Å². The lowest BCUT2D eigenvalue weighted by Gasteiger charge is -2.02. The molecule has 11 heavy (non-hydrogen) atoms. The zero-order valence-corrected chi connectivity index (χ0v) is 7.26. The van der Waals surface area contributed by atoms with E-state index in [2.05, 4.69) is 13.0 Å². The van der Waals surface area contributed by atoms with Crippen molar-refractivity contribution in [3.05, 3.63) is 0 Å². The number of nitriles is 1. The summed E-state index contributed by atoms with van der Waals surface area (Å²) in [5.74, 6) is 0. The van der Waals surface area contributed by atoms with Crippen molar-refractivity contribution in [1.29, 1.82) is 5.26 Å². The van der Waals surface area contributed by atoms with Crippen molar-refractivity contribution < 1.29 is 4.74 Å². The molecule has 0 N–H and O–H groups in total. The molecule has 0 spiro atoms. The van der Waals surface area contributed by atoms with Gasteiger partial charge in [0, 0.05) is 0 Å². The third kappa shape index (κ3) is 1.94. The van der Waals surface area contributed by atoms with Gasteiger partial charge in [-0.25, -0.2) is 0 Å². The van der Waals surface area contributed by atoms with Gasteiger partial charge in [0.15, 0.2) is 6.10 Å². The normalized spacial score (nSPS) is 34.8. The SMILES string of the molecule is CCCCC[C@]1(C)O[C@@H]1C#N. The summed E-state index contributed by atoms with van der Waals surface area (Å²) in [5.41, 5.74) is -0.0933. The Kier molecular flexibility index (Phi) is 2.51. The van der Waals surface area contributed by atoms with Crippen LogP contribution in [0.25, 0.3) is 0 Å². The highest BCUT2D eigenvalue weighted by Crippen LogP contribution is 2.39. The number of nitrogens with zero attached hydrogens (tertiary/aromatic N) is 1. The predicted molar refractivity (Wildman–Crippen MR) is 43.0 cm³/mol. The Morgan fingerprint density at radius 1 is 1.55 bits per heavy atom. The highest BCUT2D eigenvalue weighted by atomic mass is 16.6. The van der Waals surface area contributed by atoms with Crippen LogP contribution < -0.4 is 0 Å². The second-order valence-corrected chi connectivity index (χ2v) is 3.40. The summed E-state index contributed by atoms with van der Waals surface area (Å²) >= 11 is 0. The van der Waals surface area contributed by atoms with Crippen molar-refractivity contribution >= 4 is 0 Å². The summed E-state index contributed by atoms with van der Waals surface area (Å²) in [6, 6.07) is 2.13. The molecule has 0 saturated carbocycles. The molecule has 2 nitrogen and oxygen atoms in total. The molecule has 1 aliphatic rings. The van der Waals surface area contributed by atoms with Gasteiger partial charge in [-0.2, -0.15) is 5.26 Å². The molecule has 62 valence electrons. The topological polar surface area (TPSA) is 36.3 Å². The molecule has 1 fully saturated rings. The van der Waals surface area contributed by atoms with Crippen molar-refractivity contribution in [3.8, 4) is 6.07 Å². The van der Waals surface area contributed by atoms with Crippen LogP contribution in [0.5, 0.6) is 0 Å². The van der Waals surface area contributed by atoms with E-state index in [1.54, 1.807) is 0 Å². The van der Waals surface area contributed by atoms with Gasteiger partial charge in [-0.05, 0) is 13.3 Å². The van der Waals surface area contributed by atoms with E-state index in [1.807, 2.05) is 6.92 Å². The molecule has 2 atom stereocenters. The largest absolute Gasteiger partial charge is 0.350 e. The first-order valence-electron chi connectivity index (χ1n) is 4.30. The average molecular weight is 153 g/mol. The van der Waals surface area contributed by atoms with Crippen molar-refractivity contribution in [3.63, 3.8) is 0 Å². The highest BCUT2D eigenvalue weighted by Gasteiger charge is 2.51. The third-order valence-corrected chi connectivity index (χ3v) is 2.28. The van der Waals surface area contributed by atoms with Crippen LogP contribution in [-0.2, 0) is 4.74 Å². The number of rotatable bonds is 4. The summed E-state index contributed by atoms with van der Waals surface area (Å²) in [5, 5.41) is 8.52. The maximum absolute atomic E-state index is 8.52. The number of epoxide rings is 1. The lowest BCUT2D eigenvalue weighted by molar-refractivity contribution is 0.297. The van der Waals surface area contributed by atoms with Gasteiger partial charge in [0.2, 0.25) is 0 Å². The van der Waals surface area contributed by atoms with E-state index >= 15 is 0 Å². The fourth-order valence-electron chi connectivity index (χ4n) is 1.31. The minimum absolute atomic E-state index is 0.0933. The third-order valence-electron chi connectivity index (χ3n) is 2.28. The zero-order valence-electron chi connectivity index (χ0n) is 7.26. The quantitative estimate of drug-likeness (QED) is 0.458. The number of hydrogen-bond acceptors (Lipinski definition) is 2. The molecule has 0 bridgehead atoms. The molecule has 0 aromatic heterocycles. The summed E-state index contributed by atoms with van der Waals surface area (Å²) in [6.45, 7) is 4.20. The van der Waals surface area contributed by atoms with E-state index in [1.165, 1.54) is 19.3 Å². The van der Waals surface area contributed by atoms with Crippen LogP contribution >= 0.6 is 0 Å². The van der Waals surface area contributed by atoms with Crippen LogP contribution in [0.2, 0.25) is 0 Å². The van der Waals surface area contributed by atoms with Gasteiger partial charge in [-0.15, -0.1) is 0 Å². The molecular formula is C9H15NO. The smallest absolute Gasteiger partial charge is 0.173 e. The van der Waals surface area contributed by atoms with E-state index in [9.17, 15) is 0 Å². The van der Waals surface area contributed by atoms with E-state index < -0.39 is 0 Å². The molecule has 2 heteroatoms. The van der Waals surface area contributed by atoms with Crippen LogP contribution in [0.1, 0.15) is 39.5 Å². The maximum Gasteiger partial charge on any atom is 0.173 e. The van der Waals surface area contributed by atoms with Crippen molar-refractivity contribution in [1.82, 2.24) is 0 Å². The molecule has 1 rings (SSSR count). The van der Waals surface area contributed by atoms with E-state index in [0.717, 1.165) is 6.42 Å². The van der Waals surface area contributed by atoms with Gasteiger partial charge in [0.25, 0.3) is 0 Å². The number of unbranched alkanes of at least 4 members (excludes halogenated alkanes) is 2. The van der Waals surface area contributed by atoms with Gasteiger partial charge in [-0.1, -0.05) is 26.2 Å². The van der Waals surface area contributed by atoms with Crippen LogP contribution in [0, 0.1) is 11.3 Å². The van der Waals surface area contributed by atoms with Gasteiger partial charge in [0.05, 0.1) is 6.07 Å². The monoisotopic (exact) mass is 153 g/mol. The van der Waals surface area contributed by atoms with E-state index in [-0.39, 0.29) is 11.7 Å². The summed E-state index contributed by atoms with van der Waals surface area (Å²) in [7, 11) is 0. The van der Waals surface area contributed by atoms with E-state index in [4.69, 9.17) is 10.00 Å². The van der Waals surface area contributed by atoms with Gasteiger partial charge < -0.3 is 4.74 Å². The molecule has 1 aliphatic heterocycles. The Hall–Kier alpha value is -0.550.